The minimum Gasteiger partial charge on any atom is -0.486 e. The number of anilines is 1. The average Bonchev–Trinajstić information content (AvgIpc) is 3.48. The molecule has 0 unspecified atom stereocenters. The maximum absolute atomic E-state index is 14.1. The van der Waals surface area contributed by atoms with Crippen LogP contribution in [0.3, 0.4) is 0 Å². The fourth-order valence-corrected chi connectivity index (χ4v) is 6.29. The molecule has 0 aromatic heterocycles. The molecule has 41 heavy (non-hydrogen) atoms. The molecule has 4 aliphatic heterocycles. The summed E-state index contributed by atoms with van der Waals surface area (Å²) in [4.78, 5) is 58.3. The van der Waals surface area contributed by atoms with Crippen molar-refractivity contribution in [3.8, 4) is 11.5 Å². The van der Waals surface area contributed by atoms with Crippen LogP contribution < -0.4 is 14.4 Å². The second-order valence-corrected chi connectivity index (χ2v) is 10.7. The number of allylic oxidation sites excluding steroid dienone is 2. The Kier molecular flexibility index (Phi) is 6.01. The maximum atomic E-state index is 14.1. The van der Waals surface area contributed by atoms with Gasteiger partial charge in [-0.2, -0.15) is 0 Å². The number of ether oxygens (including phenoxy) is 2. The number of nitrogens with zero attached hydrogens (tertiary/aromatic N) is 2. The van der Waals surface area contributed by atoms with Crippen LogP contribution in [0.2, 0.25) is 5.02 Å². The lowest BCUT2D eigenvalue weighted by atomic mass is 9.85. The van der Waals surface area contributed by atoms with E-state index in [0.717, 1.165) is 4.90 Å². The first-order valence-corrected chi connectivity index (χ1v) is 13.6. The van der Waals surface area contributed by atoms with E-state index in [4.69, 9.17) is 21.1 Å². The second-order valence-electron chi connectivity index (χ2n) is 10.3. The van der Waals surface area contributed by atoms with Gasteiger partial charge in [-0.25, -0.2) is 4.90 Å². The Hall–Kier alpha value is -4.69. The van der Waals surface area contributed by atoms with Gasteiger partial charge in [0.15, 0.2) is 23.1 Å². The van der Waals surface area contributed by atoms with Gasteiger partial charge in [0.25, 0.3) is 0 Å². The molecule has 204 valence electrons. The summed E-state index contributed by atoms with van der Waals surface area (Å²) in [6, 6.07) is 18.6. The summed E-state index contributed by atoms with van der Waals surface area (Å²) >= 11 is 6.05. The number of carbonyl (C=O) groups excluding carboxylic acids is 4. The first-order chi connectivity index (χ1) is 19.9. The Morgan fingerprint density at radius 3 is 2.27 bits per heavy atom. The molecule has 0 radical (unpaired) electrons. The first kappa shape index (κ1) is 25.3. The van der Waals surface area contributed by atoms with Crippen molar-refractivity contribution >= 4 is 40.7 Å². The average molecular weight is 567 g/mol. The summed E-state index contributed by atoms with van der Waals surface area (Å²) in [5.41, 5.74) is 1.62. The molecule has 7 rings (SSSR count). The van der Waals surface area contributed by atoms with E-state index in [9.17, 15) is 19.2 Å². The zero-order valence-corrected chi connectivity index (χ0v) is 22.4. The molecule has 0 aliphatic carbocycles. The van der Waals surface area contributed by atoms with E-state index >= 15 is 0 Å². The van der Waals surface area contributed by atoms with Crippen LogP contribution in [0.5, 0.6) is 11.5 Å². The van der Waals surface area contributed by atoms with Crippen LogP contribution in [-0.2, 0) is 9.59 Å². The predicted octanol–water partition coefficient (Wildman–Crippen LogP) is 4.49. The van der Waals surface area contributed by atoms with Gasteiger partial charge in [-0.05, 0) is 42.5 Å². The van der Waals surface area contributed by atoms with Crippen LogP contribution >= 0.6 is 11.6 Å². The van der Waals surface area contributed by atoms with Crippen LogP contribution in [-0.4, -0.2) is 53.6 Å². The van der Waals surface area contributed by atoms with Gasteiger partial charge in [0, 0.05) is 34.0 Å². The van der Waals surface area contributed by atoms with Gasteiger partial charge < -0.3 is 14.4 Å². The number of hydrogen-bond donors (Lipinski definition) is 0. The number of benzene rings is 3. The highest BCUT2D eigenvalue weighted by Gasteiger charge is 2.63. The highest BCUT2D eigenvalue weighted by Crippen LogP contribution is 2.48. The van der Waals surface area contributed by atoms with E-state index in [-0.39, 0.29) is 11.6 Å². The number of ketones is 2. The Bertz CT molecular complexity index is 1670. The van der Waals surface area contributed by atoms with E-state index in [1.54, 1.807) is 90.0 Å². The first-order valence-electron chi connectivity index (χ1n) is 13.3. The zero-order chi connectivity index (χ0) is 28.2. The topological polar surface area (TPSA) is 93.2 Å². The van der Waals surface area contributed by atoms with Gasteiger partial charge in [0.1, 0.15) is 19.3 Å². The minimum atomic E-state index is -0.962. The van der Waals surface area contributed by atoms with Crippen molar-refractivity contribution in [1.82, 2.24) is 4.90 Å². The Morgan fingerprint density at radius 1 is 0.805 bits per heavy atom. The van der Waals surface area contributed by atoms with Crippen LogP contribution in [0.15, 0.2) is 96.7 Å². The number of imide groups is 1. The van der Waals surface area contributed by atoms with Crippen molar-refractivity contribution in [3.63, 3.8) is 0 Å². The molecular weight excluding hydrogens is 544 g/mol. The zero-order valence-electron chi connectivity index (χ0n) is 21.6. The summed E-state index contributed by atoms with van der Waals surface area (Å²) in [6.07, 6.45) is 5.01. The van der Waals surface area contributed by atoms with Crippen molar-refractivity contribution in [3.05, 3.63) is 113 Å². The molecule has 2 amide bonds. The molecule has 3 aromatic rings. The summed E-state index contributed by atoms with van der Waals surface area (Å²) in [5.74, 6) is -2.28. The van der Waals surface area contributed by atoms with Gasteiger partial charge in [-0.3, -0.25) is 19.2 Å². The molecule has 4 atom stereocenters. The second kappa shape index (κ2) is 9.74. The normalized spacial score (nSPS) is 24.2. The number of Topliss-reactive ketones (excluding diaryl/α,β-unsaturated/α-hetero) is 2. The molecule has 4 aliphatic rings. The number of halogens is 1. The molecule has 0 N–H and O–H groups in total. The Labute approximate surface area is 240 Å². The molecule has 0 bridgehead atoms. The molecule has 3 aromatic carbocycles. The fourth-order valence-electron chi connectivity index (χ4n) is 6.16. The molecule has 9 heteroatoms. The quantitative estimate of drug-likeness (QED) is 0.332. The summed E-state index contributed by atoms with van der Waals surface area (Å²) < 4.78 is 11.3. The van der Waals surface area contributed by atoms with Crippen molar-refractivity contribution in [2.45, 2.75) is 12.1 Å². The number of carbonyl (C=O) groups is 4. The van der Waals surface area contributed by atoms with E-state index in [0.29, 0.717) is 52.1 Å². The molecule has 0 saturated carbocycles. The highest BCUT2D eigenvalue weighted by molar-refractivity contribution is 6.30. The van der Waals surface area contributed by atoms with Crippen LogP contribution in [0.4, 0.5) is 5.69 Å². The van der Waals surface area contributed by atoms with Crippen LogP contribution in [0.1, 0.15) is 20.7 Å². The van der Waals surface area contributed by atoms with E-state index in [1.807, 2.05) is 6.07 Å². The standard InChI is InChI=1S/C32H23ClN2O6/c33-21-8-6-19(7-9-21)30(37)28-27-26(23-16-20(12-13-34(23)28)29(36)18-4-2-1-3-5-18)31(38)35(32(27)39)22-10-11-24-25(17-22)41-15-14-40-24/h1-13,16-17,23,26-28H,14-15H2/t23-,26+,27-,28+/m0/s1. The number of hydrogen-bond acceptors (Lipinski definition) is 7. The Morgan fingerprint density at radius 2 is 1.51 bits per heavy atom. The molecule has 2 fully saturated rings. The third kappa shape index (κ3) is 4.05. The van der Waals surface area contributed by atoms with Gasteiger partial charge in [0.2, 0.25) is 11.8 Å². The molecular formula is C32H23ClN2O6. The van der Waals surface area contributed by atoms with Gasteiger partial charge >= 0.3 is 0 Å². The Balaban J connectivity index is 1.30. The van der Waals surface area contributed by atoms with Gasteiger partial charge in [0.05, 0.1) is 23.6 Å². The number of fused-ring (bicyclic) bond motifs is 4. The fraction of sp³-hybridized carbons (Fsp3) is 0.188. The lowest BCUT2D eigenvalue weighted by Crippen LogP contribution is -2.46. The number of amides is 2. The van der Waals surface area contributed by atoms with Crippen molar-refractivity contribution in [2.75, 3.05) is 18.1 Å². The van der Waals surface area contributed by atoms with E-state index in [2.05, 4.69) is 0 Å². The third-order valence-electron chi connectivity index (χ3n) is 8.03. The number of rotatable bonds is 5. The van der Waals surface area contributed by atoms with Crippen molar-refractivity contribution in [2.24, 2.45) is 11.8 Å². The summed E-state index contributed by atoms with van der Waals surface area (Å²) in [7, 11) is 0. The van der Waals surface area contributed by atoms with Crippen molar-refractivity contribution in [1.29, 1.82) is 0 Å². The lowest BCUT2D eigenvalue weighted by Gasteiger charge is -2.33. The highest BCUT2D eigenvalue weighted by atomic mass is 35.5. The van der Waals surface area contributed by atoms with Crippen molar-refractivity contribution < 1.29 is 28.7 Å². The van der Waals surface area contributed by atoms with Crippen LogP contribution in [0.25, 0.3) is 0 Å². The smallest absolute Gasteiger partial charge is 0.240 e. The van der Waals surface area contributed by atoms with Gasteiger partial charge in [-0.1, -0.05) is 48.0 Å². The van der Waals surface area contributed by atoms with E-state index in [1.165, 1.54) is 0 Å². The third-order valence-corrected chi connectivity index (χ3v) is 8.28. The largest absolute Gasteiger partial charge is 0.486 e. The van der Waals surface area contributed by atoms with Crippen LogP contribution in [0, 0.1) is 11.8 Å². The monoisotopic (exact) mass is 566 g/mol. The maximum Gasteiger partial charge on any atom is 0.240 e. The summed E-state index contributed by atoms with van der Waals surface area (Å²) in [5, 5.41) is 0.477. The summed E-state index contributed by atoms with van der Waals surface area (Å²) in [6.45, 7) is 0.765. The molecule has 2 saturated heterocycles. The SMILES string of the molecule is O=C(C1=C[C@H]2[C@H]3C(=O)N(c4ccc5c(c4)OCCO5)C(=O)[C@@H]3[C@H](C(=O)c3ccc(Cl)cc3)N2C=C1)c1ccccc1. The predicted molar refractivity (Wildman–Crippen MR) is 150 cm³/mol. The van der Waals surface area contributed by atoms with E-state index < -0.39 is 35.7 Å². The van der Waals surface area contributed by atoms with Gasteiger partial charge in [-0.15, -0.1) is 0 Å². The lowest BCUT2D eigenvalue weighted by molar-refractivity contribution is -0.123. The molecule has 4 heterocycles. The molecule has 0 spiro atoms. The minimum absolute atomic E-state index is 0.203. The molecule has 8 nitrogen and oxygen atoms in total.